The second-order valence-electron chi connectivity index (χ2n) is 6.92. The molecule has 4 rings (SSSR count). The fourth-order valence-electron chi connectivity index (χ4n) is 3.68. The molecular weight excluding hydrogens is 421 g/mol. The second kappa shape index (κ2) is 7.64. The molecule has 1 aromatic heterocycles. The van der Waals surface area contributed by atoms with Crippen molar-refractivity contribution in [1.82, 2.24) is 4.98 Å². The van der Waals surface area contributed by atoms with Gasteiger partial charge in [0.25, 0.3) is 5.69 Å². The molecule has 30 heavy (non-hydrogen) atoms. The van der Waals surface area contributed by atoms with Crippen molar-refractivity contribution >= 4 is 39.6 Å². The fourth-order valence-corrected chi connectivity index (χ4v) is 3.85. The number of nitrogens with zero attached hydrogens (tertiary/aromatic N) is 4. The number of rotatable bonds is 3. The van der Waals surface area contributed by atoms with Gasteiger partial charge in [-0.1, -0.05) is 11.6 Å². The molecule has 0 N–H and O–H groups in total. The van der Waals surface area contributed by atoms with E-state index >= 15 is 0 Å². The second-order valence-corrected chi connectivity index (χ2v) is 7.36. The van der Waals surface area contributed by atoms with Crippen molar-refractivity contribution < 1.29 is 18.1 Å². The van der Waals surface area contributed by atoms with Gasteiger partial charge in [-0.2, -0.15) is 13.2 Å². The van der Waals surface area contributed by atoms with Crippen LogP contribution in [-0.4, -0.2) is 36.1 Å². The van der Waals surface area contributed by atoms with E-state index in [4.69, 9.17) is 11.6 Å². The quantitative estimate of drug-likeness (QED) is 0.420. The minimum absolute atomic E-state index is 0.194. The van der Waals surface area contributed by atoms with E-state index in [1.54, 1.807) is 23.2 Å². The van der Waals surface area contributed by atoms with Gasteiger partial charge in [0.15, 0.2) is 0 Å². The highest BCUT2D eigenvalue weighted by Gasteiger charge is 2.34. The monoisotopic (exact) mass is 436 g/mol. The predicted molar refractivity (Wildman–Crippen MR) is 109 cm³/mol. The third-order valence-corrected chi connectivity index (χ3v) is 5.38. The molecule has 0 unspecified atom stereocenters. The third-order valence-electron chi connectivity index (χ3n) is 5.14. The minimum atomic E-state index is -4.63. The van der Waals surface area contributed by atoms with Crippen LogP contribution in [0.25, 0.3) is 10.9 Å². The smallest absolute Gasteiger partial charge is 0.367 e. The summed E-state index contributed by atoms with van der Waals surface area (Å²) in [6.07, 6.45) is -2.94. The topological polar surface area (TPSA) is 62.5 Å². The van der Waals surface area contributed by atoms with Crippen molar-refractivity contribution in [2.24, 2.45) is 0 Å². The van der Waals surface area contributed by atoms with Crippen LogP contribution in [0.5, 0.6) is 0 Å². The fraction of sp³-hybridized carbons (Fsp3) is 0.250. The number of nitro groups is 1. The molecule has 1 fully saturated rings. The van der Waals surface area contributed by atoms with Crippen LogP contribution in [0.3, 0.4) is 0 Å². The van der Waals surface area contributed by atoms with Gasteiger partial charge in [0, 0.05) is 54.5 Å². The standard InChI is InChI=1S/C20H16ClF3N4O2/c21-14-2-3-15-16(12-14)25-6-5-17(15)26-7-9-27(10-8-26)18-4-1-13(20(22,23)24)11-19(18)28(29)30/h1-6,11-12H,7-10H2. The van der Waals surface area contributed by atoms with Crippen molar-refractivity contribution in [2.45, 2.75) is 6.18 Å². The lowest BCUT2D eigenvalue weighted by Gasteiger charge is -2.37. The number of piperazine rings is 1. The van der Waals surface area contributed by atoms with Crippen molar-refractivity contribution in [2.75, 3.05) is 36.0 Å². The van der Waals surface area contributed by atoms with Gasteiger partial charge < -0.3 is 9.80 Å². The molecule has 3 aromatic rings. The summed E-state index contributed by atoms with van der Waals surface area (Å²) in [6.45, 7) is 1.98. The number of alkyl halides is 3. The zero-order valence-corrected chi connectivity index (χ0v) is 16.3. The molecule has 0 aliphatic carbocycles. The number of hydrogen-bond donors (Lipinski definition) is 0. The van der Waals surface area contributed by atoms with E-state index < -0.39 is 22.4 Å². The van der Waals surface area contributed by atoms with E-state index in [1.165, 1.54) is 6.07 Å². The summed E-state index contributed by atoms with van der Waals surface area (Å²) < 4.78 is 38.8. The maximum atomic E-state index is 12.9. The van der Waals surface area contributed by atoms with Crippen molar-refractivity contribution in [3.05, 3.63) is 69.4 Å². The van der Waals surface area contributed by atoms with Crippen molar-refractivity contribution in [1.29, 1.82) is 0 Å². The summed E-state index contributed by atoms with van der Waals surface area (Å²) in [5, 5.41) is 12.9. The first-order chi connectivity index (χ1) is 14.2. The van der Waals surface area contributed by atoms with Crippen LogP contribution in [0.1, 0.15) is 5.56 Å². The van der Waals surface area contributed by atoms with Crippen molar-refractivity contribution in [3.8, 4) is 0 Å². The van der Waals surface area contributed by atoms with Crippen LogP contribution in [0.2, 0.25) is 5.02 Å². The van der Waals surface area contributed by atoms with Gasteiger partial charge in [0.1, 0.15) is 5.69 Å². The molecule has 2 aromatic carbocycles. The van der Waals surface area contributed by atoms with Gasteiger partial charge in [-0.25, -0.2) is 0 Å². The zero-order chi connectivity index (χ0) is 21.5. The zero-order valence-electron chi connectivity index (χ0n) is 15.6. The van der Waals surface area contributed by atoms with Gasteiger partial charge in [-0.3, -0.25) is 15.1 Å². The number of anilines is 2. The Bertz CT molecular complexity index is 1110. The van der Waals surface area contributed by atoms with E-state index in [0.717, 1.165) is 22.7 Å². The largest absolute Gasteiger partial charge is 0.416 e. The lowest BCUT2D eigenvalue weighted by molar-refractivity contribution is -0.384. The number of fused-ring (bicyclic) bond motifs is 1. The highest BCUT2D eigenvalue weighted by atomic mass is 35.5. The average molecular weight is 437 g/mol. The molecule has 156 valence electrons. The number of aromatic nitrogens is 1. The van der Waals surface area contributed by atoms with Gasteiger partial charge >= 0.3 is 6.18 Å². The molecule has 6 nitrogen and oxygen atoms in total. The Kier molecular flexibility index (Phi) is 5.15. The summed E-state index contributed by atoms with van der Waals surface area (Å²) >= 11 is 6.04. The lowest BCUT2D eigenvalue weighted by Crippen LogP contribution is -2.46. The Balaban J connectivity index is 1.58. The highest BCUT2D eigenvalue weighted by molar-refractivity contribution is 6.31. The summed E-state index contributed by atoms with van der Waals surface area (Å²) in [5.74, 6) is 0. The molecule has 0 radical (unpaired) electrons. The van der Waals surface area contributed by atoms with E-state index in [1.807, 2.05) is 12.1 Å². The number of halogens is 4. The predicted octanol–water partition coefficient (Wildman–Crippen LogP) is 5.14. The molecule has 1 saturated heterocycles. The number of nitro benzene ring substituents is 1. The molecule has 10 heteroatoms. The van der Waals surface area contributed by atoms with Crippen LogP contribution in [0.4, 0.5) is 30.2 Å². The normalized spacial score (nSPS) is 14.9. The molecule has 1 aliphatic rings. The van der Waals surface area contributed by atoms with Crippen LogP contribution in [0.15, 0.2) is 48.7 Å². The summed E-state index contributed by atoms with van der Waals surface area (Å²) in [5.41, 5.74) is 0.360. The number of benzene rings is 2. The summed E-state index contributed by atoms with van der Waals surface area (Å²) in [7, 11) is 0. The maximum Gasteiger partial charge on any atom is 0.416 e. The molecule has 1 aliphatic heterocycles. The summed E-state index contributed by atoms with van der Waals surface area (Å²) in [4.78, 5) is 18.8. The van der Waals surface area contributed by atoms with Crippen LogP contribution < -0.4 is 9.80 Å². The van der Waals surface area contributed by atoms with Gasteiger partial charge in [0.05, 0.1) is 16.0 Å². The molecule has 0 amide bonds. The Hall–Kier alpha value is -3.07. The summed E-state index contributed by atoms with van der Waals surface area (Å²) in [6, 6.07) is 10.0. The molecule has 0 saturated carbocycles. The minimum Gasteiger partial charge on any atom is -0.367 e. The Morgan fingerprint density at radius 3 is 2.27 bits per heavy atom. The first kappa shape index (κ1) is 20.2. The molecule has 2 heterocycles. The number of pyridine rings is 1. The molecule has 0 atom stereocenters. The number of hydrogen-bond acceptors (Lipinski definition) is 5. The Morgan fingerprint density at radius 1 is 0.967 bits per heavy atom. The van der Waals surface area contributed by atoms with Crippen LogP contribution in [-0.2, 0) is 6.18 Å². The van der Waals surface area contributed by atoms with Crippen LogP contribution >= 0.6 is 11.6 Å². The van der Waals surface area contributed by atoms with E-state index in [-0.39, 0.29) is 5.69 Å². The SMILES string of the molecule is O=[N+]([O-])c1cc(C(F)(F)F)ccc1N1CCN(c2ccnc3cc(Cl)ccc23)CC1. The Morgan fingerprint density at radius 2 is 1.63 bits per heavy atom. The van der Waals surface area contributed by atoms with Gasteiger partial charge in [0.2, 0.25) is 0 Å². The first-order valence-electron chi connectivity index (χ1n) is 9.14. The first-order valence-corrected chi connectivity index (χ1v) is 9.51. The molecule has 0 spiro atoms. The molecule has 0 bridgehead atoms. The van der Waals surface area contributed by atoms with E-state index in [0.29, 0.717) is 37.3 Å². The molecular formula is C20H16ClF3N4O2. The maximum absolute atomic E-state index is 12.9. The highest BCUT2D eigenvalue weighted by Crippen LogP contribution is 2.37. The lowest BCUT2D eigenvalue weighted by atomic mass is 10.1. The van der Waals surface area contributed by atoms with Gasteiger partial charge in [-0.05, 0) is 36.4 Å². The average Bonchev–Trinajstić information content (AvgIpc) is 2.72. The third kappa shape index (κ3) is 3.85. The van der Waals surface area contributed by atoms with Crippen molar-refractivity contribution in [3.63, 3.8) is 0 Å². The van der Waals surface area contributed by atoms with E-state index in [9.17, 15) is 23.3 Å². The van der Waals surface area contributed by atoms with E-state index in [2.05, 4.69) is 9.88 Å². The Labute approximate surface area is 174 Å². The van der Waals surface area contributed by atoms with Gasteiger partial charge in [-0.15, -0.1) is 0 Å². The van der Waals surface area contributed by atoms with Crippen LogP contribution in [0, 0.1) is 10.1 Å².